The number of carbonyl (C=O) groups is 1. The fraction of sp³-hybridized carbons (Fsp3) is 0.385. The molecule has 2 aromatic heterocycles. The van der Waals surface area contributed by atoms with E-state index in [1.54, 1.807) is 24.5 Å². The summed E-state index contributed by atoms with van der Waals surface area (Å²) in [7, 11) is 2.74. The summed E-state index contributed by atoms with van der Waals surface area (Å²) < 4.78 is 16.2. The van der Waals surface area contributed by atoms with Crippen LogP contribution in [0.25, 0.3) is 22.6 Å². The van der Waals surface area contributed by atoms with Crippen LogP contribution in [0.1, 0.15) is 37.0 Å². The number of piperazine rings is 1. The second-order valence-corrected chi connectivity index (χ2v) is 8.98. The average Bonchev–Trinajstić information content (AvgIpc) is 3.35. The van der Waals surface area contributed by atoms with E-state index in [9.17, 15) is 4.79 Å². The predicted octanol–water partition coefficient (Wildman–Crippen LogP) is 3.55. The standard InChI is InChI=1S/C26H32N6O4.H2/c1-16(2)32-7-5-31(6-8-32)15-19-14-30-25(36-19)20-9-17(11-23(28)22(20)12-27)18-10-21(26(33)35-4)24(34-3)29-13-18;/h9-14,16,27H,5-8,15,28H2,1-4H3;1H. The lowest BCUT2D eigenvalue weighted by atomic mass is 9.97. The quantitative estimate of drug-likeness (QED) is 0.274. The van der Waals surface area contributed by atoms with Crippen LogP contribution in [0, 0.1) is 5.41 Å². The topological polar surface area (TPSA) is 131 Å². The molecule has 0 radical (unpaired) electrons. The summed E-state index contributed by atoms with van der Waals surface area (Å²) in [4.78, 5) is 25.8. The number of nitrogens with two attached hydrogens (primary N) is 1. The minimum atomic E-state index is -0.558. The van der Waals surface area contributed by atoms with Gasteiger partial charge >= 0.3 is 5.97 Å². The highest BCUT2D eigenvalue weighted by molar-refractivity contribution is 5.97. The number of methoxy groups -OCH3 is 2. The number of pyridine rings is 1. The molecular formula is C26H34N6O4. The highest BCUT2D eigenvalue weighted by atomic mass is 16.5. The molecule has 0 atom stereocenters. The minimum Gasteiger partial charge on any atom is -0.480 e. The zero-order valence-corrected chi connectivity index (χ0v) is 21.1. The smallest absolute Gasteiger partial charge is 0.343 e. The van der Waals surface area contributed by atoms with Crippen LogP contribution < -0.4 is 10.5 Å². The Hall–Kier alpha value is -3.76. The highest BCUT2D eigenvalue weighted by Crippen LogP contribution is 2.34. The van der Waals surface area contributed by atoms with Gasteiger partial charge in [0.1, 0.15) is 11.3 Å². The molecule has 0 aliphatic carbocycles. The number of aromatic nitrogens is 2. The maximum absolute atomic E-state index is 12.2. The van der Waals surface area contributed by atoms with Crippen molar-refractivity contribution in [1.29, 1.82) is 5.41 Å². The molecular weight excluding hydrogens is 460 g/mol. The van der Waals surface area contributed by atoms with Crippen LogP contribution in [0.15, 0.2) is 35.0 Å². The summed E-state index contributed by atoms with van der Waals surface area (Å²) in [5.74, 6) is 0.744. The number of oxazole rings is 1. The molecule has 192 valence electrons. The van der Waals surface area contributed by atoms with Gasteiger partial charge in [-0.2, -0.15) is 0 Å². The molecule has 1 saturated heterocycles. The number of ether oxygens (including phenoxy) is 2. The van der Waals surface area contributed by atoms with Gasteiger partial charge in [0, 0.05) is 68.4 Å². The normalized spacial score (nSPS) is 14.7. The summed E-state index contributed by atoms with van der Waals surface area (Å²) in [6.07, 6.45) is 4.51. The maximum Gasteiger partial charge on any atom is 0.343 e. The van der Waals surface area contributed by atoms with Crippen molar-refractivity contribution in [3.05, 3.63) is 47.5 Å². The summed E-state index contributed by atoms with van der Waals surface area (Å²) in [5, 5.41) is 7.91. The molecule has 1 fully saturated rings. The number of hydrogen-bond donors (Lipinski definition) is 2. The van der Waals surface area contributed by atoms with E-state index >= 15 is 0 Å². The van der Waals surface area contributed by atoms with Crippen LogP contribution in [0.3, 0.4) is 0 Å². The van der Waals surface area contributed by atoms with Crippen molar-refractivity contribution in [3.63, 3.8) is 0 Å². The van der Waals surface area contributed by atoms with Crippen LogP contribution in [-0.4, -0.2) is 78.4 Å². The second-order valence-electron chi connectivity index (χ2n) is 8.98. The fourth-order valence-electron chi connectivity index (χ4n) is 4.37. The number of benzene rings is 1. The number of rotatable bonds is 8. The maximum atomic E-state index is 12.2. The number of hydrogen-bond acceptors (Lipinski definition) is 10. The van der Waals surface area contributed by atoms with E-state index in [-0.39, 0.29) is 12.9 Å². The molecule has 0 spiro atoms. The first kappa shape index (κ1) is 25.3. The van der Waals surface area contributed by atoms with Gasteiger partial charge in [-0.1, -0.05) is 0 Å². The Kier molecular flexibility index (Phi) is 7.66. The van der Waals surface area contributed by atoms with E-state index in [1.807, 2.05) is 6.07 Å². The van der Waals surface area contributed by atoms with Crippen molar-refractivity contribution in [1.82, 2.24) is 19.8 Å². The van der Waals surface area contributed by atoms with Crippen LogP contribution in [0.4, 0.5) is 5.69 Å². The number of anilines is 1. The molecule has 3 aromatic rings. The Balaban J connectivity index is 0.00000380. The number of carbonyl (C=O) groups excluding carboxylic acids is 1. The van der Waals surface area contributed by atoms with E-state index < -0.39 is 5.97 Å². The Morgan fingerprint density at radius 1 is 1.17 bits per heavy atom. The zero-order valence-electron chi connectivity index (χ0n) is 21.1. The molecule has 1 aromatic carbocycles. The highest BCUT2D eigenvalue weighted by Gasteiger charge is 2.22. The van der Waals surface area contributed by atoms with Crippen molar-refractivity contribution in [2.45, 2.75) is 26.4 Å². The first-order valence-electron chi connectivity index (χ1n) is 11.8. The van der Waals surface area contributed by atoms with Gasteiger partial charge in [0.2, 0.25) is 11.8 Å². The third-order valence-corrected chi connectivity index (χ3v) is 6.44. The predicted molar refractivity (Wildman–Crippen MR) is 139 cm³/mol. The molecule has 1 aliphatic heterocycles. The van der Waals surface area contributed by atoms with Crippen molar-refractivity contribution < 1.29 is 20.1 Å². The lowest BCUT2D eigenvalue weighted by molar-refractivity contribution is 0.0596. The Labute approximate surface area is 212 Å². The van der Waals surface area contributed by atoms with Crippen LogP contribution >= 0.6 is 0 Å². The molecule has 0 saturated carbocycles. The summed E-state index contributed by atoms with van der Waals surface area (Å²) in [5.41, 5.74) is 9.32. The molecule has 3 N–H and O–H groups in total. The monoisotopic (exact) mass is 494 g/mol. The molecule has 1 aliphatic rings. The van der Waals surface area contributed by atoms with Gasteiger partial charge in [0.25, 0.3) is 0 Å². The van der Waals surface area contributed by atoms with Gasteiger partial charge in [-0.05, 0) is 37.6 Å². The third kappa shape index (κ3) is 5.24. The molecule has 0 unspecified atom stereocenters. The van der Waals surface area contributed by atoms with Gasteiger partial charge < -0.3 is 25.0 Å². The van der Waals surface area contributed by atoms with Gasteiger partial charge in [0.15, 0.2) is 0 Å². The number of nitrogen functional groups attached to an aromatic ring is 1. The lowest BCUT2D eigenvalue weighted by Crippen LogP contribution is -2.48. The number of nitrogens with zero attached hydrogens (tertiary/aromatic N) is 4. The second kappa shape index (κ2) is 10.9. The molecule has 0 amide bonds. The molecule has 10 heteroatoms. The SMILES string of the molecule is COC(=O)c1cc(-c2cc(N)c(C=N)c(-c3ncc(CN4CCN(C(C)C)CC4)o3)c2)cnc1OC.[HH]. The van der Waals surface area contributed by atoms with Gasteiger partial charge in [-0.25, -0.2) is 14.8 Å². The van der Waals surface area contributed by atoms with Crippen molar-refractivity contribution in [3.8, 4) is 28.5 Å². The number of esters is 1. The van der Waals surface area contributed by atoms with E-state index in [1.165, 1.54) is 20.4 Å². The van der Waals surface area contributed by atoms with Crippen LogP contribution in [0.5, 0.6) is 5.88 Å². The molecule has 0 bridgehead atoms. The summed E-state index contributed by atoms with van der Waals surface area (Å²) in [6, 6.07) is 5.74. The summed E-state index contributed by atoms with van der Waals surface area (Å²) in [6.45, 7) is 9.09. The van der Waals surface area contributed by atoms with Crippen molar-refractivity contribution >= 4 is 17.9 Å². The van der Waals surface area contributed by atoms with Gasteiger partial charge in [-0.15, -0.1) is 0 Å². The van der Waals surface area contributed by atoms with E-state index in [0.29, 0.717) is 46.4 Å². The zero-order chi connectivity index (χ0) is 25.8. The largest absolute Gasteiger partial charge is 0.480 e. The fourth-order valence-corrected chi connectivity index (χ4v) is 4.37. The van der Waals surface area contributed by atoms with Gasteiger partial charge in [-0.3, -0.25) is 9.80 Å². The number of nitrogens with one attached hydrogen (secondary N) is 1. The molecule has 36 heavy (non-hydrogen) atoms. The lowest BCUT2D eigenvalue weighted by Gasteiger charge is -2.36. The van der Waals surface area contributed by atoms with Crippen LogP contribution in [-0.2, 0) is 11.3 Å². The average molecular weight is 495 g/mol. The Bertz CT molecular complexity index is 1250. The molecule has 10 nitrogen and oxygen atoms in total. The van der Waals surface area contributed by atoms with E-state index in [0.717, 1.165) is 31.9 Å². The Morgan fingerprint density at radius 2 is 1.92 bits per heavy atom. The first-order chi connectivity index (χ1) is 17.3. The minimum absolute atomic E-state index is 0. The van der Waals surface area contributed by atoms with E-state index in [4.69, 9.17) is 25.0 Å². The summed E-state index contributed by atoms with van der Waals surface area (Å²) >= 11 is 0. The third-order valence-electron chi connectivity index (χ3n) is 6.44. The van der Waals surface area contributed by atoms with E-state index in [2.05, 4.69) is 33.6 Å². The van der Waals surface area contributed by atoms with Gasteiger partial charge in [0.05, 0.1) is 27.0 Å². The molecule has 3 heterocycles. The molecule has 4 rings (SSSR count). The van der Waals surface area contributed by atoms with Crippen molar-refractivity contribution in [2.75, 3.05) is 46.1 Å². The van der Waals surface area contributed by atoms with Crippen LogP contribution in [0.2, 0.25) is 0 Å². The Morgan fingerprint density at radius 3 is 2.56 bits per heavy atom. The first-order valence-corrected chi connectivity index (χ1v) is 11.8. The van der Waals surface area contributed by atoms with Crippen molar-refractivity contribution in [2.24, 2.45) is 0 Å².